The number of carbonyl (C=O) groups excluding carboxylic acids is 1. The molecule has 0 aliphatic carbocycles. The molecule has 0 N–H and O–H groups in total. The highest BCUT2D eigenvalue weighted by Gasteiger charge is 2.33. The van der Waals surface area contributed by atoms with Crippen LogP contribution in [0, 0.1) is 0 Å². The molecule has 0 radical (unpaired) electrons. The van der Waals surface area contributed by atoms with Crippen molar-refractivity contribution in [2.45, 2.75) is 23.7 Å². The van der Waals surface area contributed by atoms with Gasteiger partial charge in [0.15, 0.2) is 5.78 Å². The number of rotatable bonds is 3. The summed E-state index contributed by atoms with van der Waals surface area (Å²) in [6, 6.07) is 2.15. The fourth-order valence-corrected chi connectivity index (χ4v) is 1.79. The average Bonchev–Trinajstić information content (AvgIpc) is 2.10. The number of ketones is 1. The van der Waals surface area contributed by atoms with E-state index in [1.165, 1.54) is 0 Å². The van der Waals surface area contributed by atoms with E-state index in [0.29, 0.717) is 6.07 Å². The van der Waals surface area contributed by atoms with E-state index in [-0.39, 0.29) is 5.56 Å². The van der Waals surface area contributed by atoms with Crippen LogP contribution in [0.4, 0.5) is 26.3 Å². The SMILES string of the molecule is CC(=O)c1cc(OC(F)(F)F)cc(SC(F)(F)F)c1. The third kappa shape index (κ3) is 5.86. The number of thioether (sulfide) groups is 1. The van der Waals surface area contributed by atoms with Gasteiger partial charge >= 0.3 is 11.9 Å². The van der Waals surface area contributed by atoms with Crippen molar-refractivity contribution in [1.29, 1.82) is 0 Å². The molecule has 0 aromatic heterocycles. The zero-order valence-corrected chi connectivity index (χ0v) is 10.0. The minimum Gasteiger partial charge on any atom is -0.406 e. The van der Waals surface area contributed by atoms with Gasteiger partial charge in [0.05, 0.1) is 0 Å². The first-order valence-corrected chi connectivity index (χ1v) is 5.45. The van der Waals surface area contributed by atoms with Crippen LogP contribution < -0.4 is 4.74 Å². The molecule has 0 fully saturated rings. The lowest BCUT2D eigenvalue weighted by molar-refractivity contribution is -0.274. The predicted molar refractivity (Wildman–Crippen MR) is 55.0 cm³/mol. The molecule has 2 nitrogen and oxygen atoms in total. The topological polar surface area (TPSA) is 26.3 Å². The number of hydrogen-bond donors (Lipinski definition) is 0. The Balaban J connectivity index is 3.14. The molecule has 1 aromatic rings. The van der Waals surface area contributed by atoms with Crippen LogP contribution in [0.2, 0.25) is 0 Å². The van der Waals surface area contributed by atoms with Crippen molar-refractivity contribution in [1.82, 2.24) is 0 Å². The molecule has 0 aliphatic heterocycles. The van der Waals surface area contributed by atoms with Crippen molar-refractivity contribution in [2.24, 2.45) is 0 Å². The number of carbonyl (C=O) groups is 1. The van der Waals surface area contributed by atoms with E-state index < -0.39 is 40.1 Å². The second-order valence-corrected chi connectivity index (χ2v) is 4.48. The number of benzene rings is 1. The first-order valence-electron chi connectivity index (χ1n) is 4.64. The van der Waals surface area contributed by atoms with Gasteiger partial charge in [-0.05, 0) is 36.9 Å². The van der Waals surface area contributed by atoms with Crippen molar-refractivity contribution in [3.8, 4) is 5.75 Å². The summed E-state index contributed by atoms with van der Waals surface area (Å²) in [5.41, 5.74) is -4.97. The first kappa shape index (κ1) is 15.7. The van der Waals surface area contributed by atoms with Crippen LogP contribution in [-0.2, 0) is 0 Å². The fourth-order valence-electron chi connectivity index (χ4n) is 1.16. The lowest BCUT2D eigenvalue weighted by Gasteiger charge is -2.12. The molecule has 106 valence electrons. The zero-order valence-electron chi connectivity index (χ0n) is 9.22. The van der Waals surface area contributed by atoms with E-state index in [2.05, 4.69) is 4.74 Å². The minimum atomic E-state index is -5.05. The smallest absolute Gasteiger partial charge is 0.406 e. The number of halogens is 6. The molecule has 1 rings (SSSR count). The summed E-state index contributed by atoms with van der Waals surface area (Å²) in [4.78, 5) is 10.5. The largest absolute Gasteiger partial charge is 0.573 e. The maximum absolute atomic E-state index is 12.2. The van der Waals surface area contributed by atoms with Crippen LogP contribution in [0.3, 0.4) is 0 Å². The van der Waals surface area contributed by atoms with Crippen LogP contribution in [0.5, 0.6) is 5.75 Å². The Kier molecular flexibility index (Phi) is 4.39. The number of Topliss-reactive ketones (excluding diaryl/α,β-unsaturated/α-hetero) is 1. The number of ether oxygens (including phenoxy) is 1. The monoisotopic (exact) mass is 304 g/mol. The lowest BCUT2D eigenvalue weighted by Crippen LogP contribution is -2.17. The Morgan fingerprint density at radius 1 is 1.11 bits per heavy atom. The van der Waals surface area contributed by atoms with Crippen molar-refractivity contribution >= 4 is 17.5 Å². The van der Waals surface area contributed by atoms with E-state index in [0.717, 1.165) is 19.1 Å². The summed E-state index contributed by atoms with van der Waals surface area (Å²) in [7, 11) is 0. The van der Waals surface area contributed by atoms with Gasteiger partial charge in [-0.3, -0.25) is 4.79 Å². The van der Waals surface area contributed by atoms with Gasteiger partial charge in [0, 0.05) is 10.5 Å². The van der Waals surface area contributed by atoms with Crippen LogP contribution in [0.15, 0.2) is 23.1 Å². The highest BCUT2D eigenvalue weighted by Crippen LogP contribution is 2.39. The van der Waals surface area contributed by atoms with Gasteiger partial charge in [0.2, 0.25) is 0 Å². The van der Waals surface area contributed by atoms with Gasteiger partial charge in [0.25, 0.3) is 0 Å². The Labute approximate surface area is 107 Å². The molecule has 0 saturated carbocycles. The molecule has 0 heterocycles. The summed E-state index contributed by atoms with van der Waals surface area (Å²) >= 11 is -0.627. The molecular formula is C10H6F6O2S. The quantitative estimate of drug-likeness (QED) is 0.470. The van der Waals surface area contributed by atoms with Crippen molar-refractivity contribution < 1.29 is 35.9 Å². The molecule has 0 unspecified atom stereocenters. The molecule has 19 heavy (non-hydrogen) atoms. The zero-order chi connectivity index (χ0) is 14.8. The Bertz CT molecular complexity index is 446. The van der Waals surface area contributed by atoms with Gasteiger partial charge in [0.1, 0.15) is 5.75 Å². The third-order valence-electron chi connectivity index (χ3n) is 1.75. The molecule has 0 aliphatic rings. The molecule has 0 bridgehead atoms. The molecule has 1 aromatic carbocycles. The van der Waals surface area contributed by atoms with Crippen molar-refractivity contribution in [3.05, 3.63) is 23.8 Å². The van der Waals surface area contributed by atoms with Crippen molar-refractivity contribution in [3.63, 3.8) is 0 Å². The molecule has 0 spiro atoms. The van der Waals surface area contributed by atoms with Crippen LogP contribution in [0.1, 0.15) is 17.3 Å². The summed E-state index contributed by atoms with van der Waals surface area (Å²) in [5.74, 6) is -1.54. The molecule has 9 heteroatoms. The van der Waals surface area contributed by atoms with Gasteiger partial charge < -0.3 is 4.74 Å². The fraction of sp³-hybridized carbons (Fsp3) is 0.300. The third-order valence-corrected chi connectivity index (χ3v) is 2.46. The van der Waals surface area contributed by atoms with E-state index in [1.807, 2.05) is 0 Å². The van der Waals surface area contributed by atoms with Gasteiger partial charge in [-0.2, -0.15) is 13.2 Å². The highest BCUT2D eigenvalue weighted by molar-refractivity contribution is 8.00. The lowest BCUT2D eigenvalue weighted by atomic mass is 10.1. The normalized spacial score (nSPS) is 12.4. The molecule has 0 amide bonds. The van der Waals surface area contributed by atoms with E-state index in [9.17, 15) is 31.1 Å². The molecule has 0 saturated heterocycles. The predicted octanol–water partition coefficient (Wildman–Crippen LogP) is 4.40. The second kappa shape index (κ2) is 5.32. The number of alkyl halides is 6. The Morgan fingerprint density at radius 3 is 2.11 bits per heavy atom. The standard InChI is InChI=1S/C10H6F6O2S/c1-5(17)6-2-7(18-9(11,12)13)4-8(3-6)19-10(14,15)16/h2-4H,1H3. The maximum Gasteiger partial charge on any atom is 0.573 e. The highest BCUT2D eigenvalue weighted by atomic mass is 32.2. The minimum absolute atomic E-state index is 0.298. The van der Waals surface area contributed by atoms with Crippen LogP contribution in [-0.4, -0.2) is 17.7 Å². The van der Waals surface area contributed by atoms with Crippen molar-refractivity contribution in [2.75, 3.05) is 0 Å². The summed E-state index contributed by atoms with van der Waals surface area (Å²) in [6.07, 6.45) is -5.05. The van der Waals surface area contributed by atoms with E-state index in [1.54, 1.807) is 0 Å². The van der Waals surface area contributed by atoms with Gasteiger partial charge in [-0.15, -0.1) is 13.2 Å². The summed E-state index contributed by atoms with van der Waals surface area (Å²) in [6.45, 7) is 1.02. The Hall–Kier alpha value is -1.38. The van der Waals surface area contributed by atoms with Gasteiger partial charge in [-0.1, -0.05) is 0 Å². The Morgan fingerprint density at radius 2 is 1.68 bits per heavy atom. The second-order valence-electron chi connectivity index (χ2n) is 3.34. The van der Waals surface area contributed by atoms with Gasteiger partial charge in [-0.25, -0.2) is 0 Å². The van der Waals surface area contributed by atoms with Crippen LogP contribution >= 0.6 is 11.8 Å². The van der Waals surface area contributed by atoms with E-state index in [4.69, 9.17) is 0 Å². The number of hydrogen-bond acceptors (Lipinski definition) is 3. The average molecular weight is 304 g/mol. The molecular weight excluding hydrogens is 298 g/mol. The maximum atomic E-state index is 12.2. The first-order chi connectivity index (χ1) is 8.46. The molecule has 0 atom stereocenters. The summed E-state index contributed by atoms with van der Waals surface area (Å²) < 4.78 is 76.0. The van der Waals surface area contributed by atoms with E-state index >= 15 is 0 Å². The van der Waals surface area contributed by atoms with Crippen LogP contribution in [0.25, 0.3) is 0 Å². The summed E-state index contributed by atoms with van der Waals surface area (Å²) in [5, 5.41) is 0.